The van der Waals surface area contributed by atoms with Gasteiger partial charge in [-0.3, -0.25) is 0 Å². The van der Waals surface area contributed by atoms with E-state index in [0.29, 0.717) is 5.75 Å². The van der Waals surface area contributed by atoms with Gasteiger partial charge in [-0.15, -0.1) is 0 Å². The normalized spacial score (nSPS) is 10.1. The minimum Gasteiger partial charge on any atom is -0.490 e. The third-order valence-corrected chi connectivity index (χ3v) is 3.16. The molecule has 0 saturated heterocycles. The van der Waals surface area contributed by atoms with Gasteiger partial charge in [0.1, 0.15) is 24.5 Å². The number of halogens is 1. The maximum atomic E-state index is 11.1. The second-order valence-electron chi connectivity index (χ2n) is 4.18. The molecular weight excluding hydrogens is 338 g/mol. The Bertz CT molecular complexity index is 645. The summed E-state index contributed by atoms with van der Waals surface area (Å²) < 4.78 is 11.9. The Morgan fingerprint density at radius 1 is 1.14 bits per heavy atom. The summed E-state index contributed by atoms with van der Waals surface area (Å²) in [6.07, 6.45) is 0. The predicted octanol–water partition coefficient (Wildman–Crippen LogP) is 3.19. The van der Waals surface area contributed by atoms with Gasteiger partial charge in [0.25, 0.3) is 0 Å². The number of rotatable bonds is 6. The highest BCUT2D eigenvalue weighted by atomic mass is 79.9. The van der Waals surface area contributed by atoms with Crippen molar-refractivity contribution >= 4 is 27.6 Å². The molecule has 5 nitrogen and oxygen atoms in total. The minimum absolute atomic E-state index is 0.0393. The Labute approximate surface area is 130 Å². The van der Waals surface area contributed by atoms with E-state index in [-0.39, 0.29) is 30.2 Å². The Morgan fingerprint density at radius 3 is 2.57 bits per heavy atom. The molecule has 3 N–H and O–H groups in total. The van der Waals surface area contributed by atoms with E-state index in [9.17, 15) is 4.79 Å². The SMILES string of the molecule is Nc1cccc(C(=O)O)c1OCCOc1cccc(Br)c1. The first-order valence-corrected chi connectivity index (χ1v) is 7.00. The van der Waals surface area contributed by atoms with Crippen LogP contribution < -0.4 is 15.2 Å². The quantitative estimate of drug-likeness (QED) is 0.616. The number of nitrogens with two attached hydrogens (primary N) is 1. The number of hydrogen-bond donors (Lipinski definition) is 2. The van der Waals surface area contributed by atoms with Crippen LogP contribution in [0.25, 0.3) is 0 Å². The second kappa shape index (κ2) is 6.99. The molecule has 0 radical (unpaired) electrons. The van der Waals surface area contributed by atoms with Gasteiger partial charge in [0.05, 0.1) is 5.69 Å². The van der Waals surface area contributed by atoms with Gasteiger partial charge in [0.15, 0.2) is 5.75 Å². The number of benzene rings is 2. The zero-order chi connectivity index (χ0) is 15.2. The van der Waals surface area contributed by atoms with Crippen molar-refractivity contribution in [2.45, 2.75) is 0 Å². The monoisotopic (exact) mass is 351 g/mol. The van der Waals surface area contributed by atoms with Crippen molar-refractivity contribution in [3.05, 3.63) is 52.5 Å². The minimum atomic E-state index is -1.08. The average molecular weight is 352 g/mol. The van der Waals surface area contributed by atoms with E-state index in [1.165, 1.54) is 6.07 Å². The van der Waals surface area contributed by atoms with E-state index in [1.54, 1.807) is 12.1 Å². The third kappa shape index (κ3) is 4.13. The van der Waals surface area contributed by atoms with Crippen molar-refractivity contribution in [1.82, 2.24) is 0 Å². The van der Waals surface area contributed by atoms with E-state index >= 15 is 0 Å². The van der Waals surface area contributed by atoms with Crippen LogP contribution in [0.15, 0.2) is 46.9 Å². The second-order valence-corrected chi connectivity index (χ2v) is 5.10. The van der Waals surface area contributed by atoms with Crippen LogP contribution in [0.5, 0.6) is 11.5 Å². The molecule has 0 aromatic heterocycles. The van der Waals surface area contributed by atoms with Gasteiger partial charge >= 0.3 is 5.97 Å². The van der Waals surface area contributed by atoms with Crippen molar-refractivity contribution in [1.29, 1.82) is 0 Å². The van der Waals surface area contributed by atoms with Crippen molar-refractivity contribution < 1.29 is 19.4 Å². The fraction of sp³-hybridized carbons (Fsp3) is 0.133. The molecule has 0 aliphatic rings. The molecule has 2 aromatic rings. The Hall–Kier alpha value is -2.21. The summed E-state index contributed by atoms with van der Waals surface area (Å²) in [5.74, 6) is -0.208. The summed E-state index contributed by atoms with van der Waals surface area (Å²) in [5.41, 5.74) is 6.07. The summed E-state index contributed by atoms with van der Waals surface area (Å²) in [7, 11) is 0. The number of anilines is 1. The molecular formula is C15H14BrNO4. The molecule has 0 aliphatic heterocycles. The molecule has 0 aliphatic carbocycles. The lowest BCUT2D eigenvalue weighted by Gasteiger charge is -2.12. The van der Waals surface area contributed by atoms with E-state index in [0.717, 1.165) is 4.47 Å². The number of ether oxygens (including phenoxy) is 2. The highest BCUT2D eigenvalue weighted by molar-refractivity contribution is 9.10. The fourth-order valence-electron chi connectivity index (χ4n) is 1.74. The van der Waals surface area contributed by atoms with Crippen LogP contribution in [0.3, 0.4) is 0 Å². The molecule has 110 valence electrons. The lowest BCUT2D eigenvalue weighted by atomic mass is 10.2. The first-order chi connectivity index (χ1) is 10.1. The smallest absolute Gasteiger partial charge is 0.339 e. The van der Waals surface area contributed by atoms with Gasteiger partial charge in [0.2, 0.25) is 0 Å². The first-order valence-electron chi connectivity index (χ1n) is 6.21. The number of carboxylic acids is 1. The molecule has 0 fully saturated rings. The predicted molar refractivity (Wildman–Crippen MR) is 82.9 cm³/mol. The largest absolute Gasteiger partial charge is 0.490 e. The van der Waals surface area contributed by atoms with Gasteiger partial charge < -0.3 is 20.3 Å². The zero-order valence-electron chi connectivity index (χ0n) is 11.1. The number of carbonyl (C=O) groups is 1. The van der Waals surface area contributed by atoms with Crippen molar-refractivity contribution in [2.75, 3.05) is 18.9 Å². The van der Waals surface area contributed by atoms with Gasteiger partial charge in [0, 0.05) is 4.47 Å². The van der Waals surface area contributed by atoms with Crippen LogP contribution in [-0.2, 0) is 0 Å². The molecule has 0 amide bonds. The Morgan fingerprint density at radius 2 is 1.86 bits per heavy atom. The van der Waals surface area contributed by atoms with E-state index < -0.39 is 5.97 Å². The van der Waals surface area contributed by atoms with Crippen LogP contribution >= 0.6 is 15.9 Å². The average Bonchev–Trinajstić information content (AvgIpc) is 2.44. The fourth-order valence-corrected chi connectivity index (χ4v) is 2.12. The number of aromatic carboxylic acids is 1. The van der Waals surface area contributed by atoms with Crippen LogP contribution in [-0.4, -0.2) is 24.3 Å². The summed E-state index contributed by atoms with van der Waals surface area (Å²) >= 11 is 3.35. The third-order valence-electron chi connectivity index (χ3n) is 2.67. The van der Waals surface area contributed by atoms with Gasteiger partial charge in [-0.25, -0.2) is 4.79 Å². The molecule has 0 bridgehead atoms. The van der Waals surface area contributed by atoms with Gasteiger partial charge in [-0.05, 0) is 30.3 Å². The van der Waals surface area contributed by atoms with Crippen molar-refractivity contribution in [2.24, 2.45) is 0 Å². The Balaban J connectivity index is 1.93. The molecule has 0 heterocycles. The summed E-state index contributed by atoms with van der Waals surface area (Å²) in [4.78, 5) is 11.1. The lowest BCUT2D eigenvalue weighted by molar-refractivity contribution is 0.0691. The highest BCUT2D eigenvalue weighted by Gasteiger charge is 2.13. The lowest BCUT2D eigenvalue weighted by Crippen LogP contribution is -2.12. The topological polar surface area (TPSA) is 81.8 Å². The van der Waals surface area contributed by atoms with E-state index in [4.69, 9.17) is 20.3 Å². The maximum Gasteiger partial charge on any atom is 0.339 e. The first kappa shape index (κ1) is 15.2. The zero-order valence-corrected chi connectivity index (χ0v) is 12.7. The van der Waals surface area contributed by atoms with Gasteiger partial charge in [-0.2, -0.15) is 0 Å². The number of para-hydroxylation sites is 1. The van der Waals surface area contributed by atoms with Crippen molar-refractivity contribution in [3.8, 4) is 11.5 Å². The number of carboxylic acid groups (broad SMARTS) is 1. The summed E-state index contributed by atoms with van der Waals surface area (Å²) in [5, 5.41) is 9.08. The highest BCUT2D eigenvalue weighted by Crippen LogP contribution is 2.26. The maximum absolute atomic E-state index is 11.1. The van der Waals surface area contributed by atoms with Crippen LogP contribution in [0.4, 0.5) is 5.69 Å². The standard InChI is InChI=1S/C15H14BrNO4/c16-10-3-1-4-11(9-10)20-7-8-21-14-12(15(18)19)5-2-6-13(14)17/h1-6,9H,7-8,17H2,(H,18,19). The summed E-state index contributed by atoms with van der Waals surface area (Å²) in [6, 6.07) is 12.0. The molecule has 6 heteroatoms. The summed E-state index contributed by atoms with van der Waals surface area (Å²) in [6.45, 7) is 0.477. The molecule has 21 heavy (non-hydrogen) atoms. The molecule has 0 atom stereocenters. The molecule has 2 aromatic carbocycles. The molecule has 0 spiro atoms. The van der Waals surface area contributed by atoms with E-state index in [1.807, 2.05) is 24.3 Å². The molecule has 0 saturated carbocycles. The van der Waals surface area contributed by atoms with Crippen LogP contribution in [0, 0.1) is 0 Å². The number of hydrogen-bond acceptors (Lipinski definition) is 4. The van der Waals surface area contributed by atoms with E-state index in [2.05, 4.69) is 15.9 Å². The Kier molecular flexibility index (Phi) is 5.05. The van der Waals surface area contributed by atoms with Crippen molar-refractivity contribution in [3.63, 3.8) is 0 Å². The number of nitrogen functional groups attached to an aromatic ring is 1. The van der Waals surface area contributed by atoms with Gasteiger partial charge in [-0.1, -0.05) is 28.1 Å². The molecule has 2 rings (SSSR count). The molecule has 0 unspecified atom stereocenters. The van der Waals surface area contributed by atoms with Crippen LogP contribution in [0.2, 0.25) is 0 Å². The van der Waals surface area contributed by atoms with Crippen LogP contribution in [0.1, 0.15) is 10.4 Å².